The van der Waals surface area contributed by atoms with Crippen molar-refractivity contribution in [3.8, 4) is 11.8 Å². The molecule has 2 amide bonds. The summed E-state index contributed by atoms with van der Waals surface area (Å²) in [6, 6.07) is 12.7. The minimum absolute atomic E-state index is 0.00409. The zero-order chi connectivity index (χ0) is 21.9. The molecular formula is C24H26N4O3. The van der Waals surface area contributed by atoms with Crippen molar-refractivity contribution in [2.45, 2.75) is 44.7 Å². The molecule has 1 heterocycles. The number of hydrogen-bond donors (Lipinski definition) is 2. The number of nitrogens with one attached hydrogen (secondary N) is 2. The molecule has 1 aliphatic carbocycles. The number of benzene rings is 1. The molecule has 0 bridgehead atoms. The Balaban J connectivity index is 1.49. The van der Waals surface area contributed by atoms with Crippen LogP contribution in [0.1, 0.15) is 43.2 Å². The lowest BCUT2D eigenvalue weighted by Crippen LogP contribution is -2.38. The number of amides is 2. The summed E-state index contributed by atoms with van der Waals surface area (Å²) < 4.78 is 5.55. The second kappa shape index (κ2) is 11.5. The SMILES string of the molecule is N#C/C(=C\c1ccc(OCC(=O)NC2CCCCC2)cc1)C(=O)NCc1cccnc1. The summed E-state index contributed by atoms with van der Waals surface area (Å²) in [7, 11) is 0. The summed E-state index contributed by atoms with van der Waals surface area (Å²) in [4.78, 5) is 28.3. The van der Waals surface area contributed by atoms with Crippen molar-refractivity contribution >= 4 is 17.9 Å². The van der Waals surface area contributed by atoms with Crippen molar-refractivity contribution in [2.75, 3.05) is 6.61 Å². The van der Waals surface area contributed by atoms with E-state index in [1.165, 1.54) is 12.5 Å². The van der Waals surface area contributed by atoms with E-state index in [2.05, 4.69) is 15.6 Å². The monoisotopic (exact) mass is 418 g/mol. The van der Waals surface area contributed by atoms with E-state index in [4.69, 9.17) is 4.74 Å². The molecule has 3 rings (SSSR count). The molecule has 0 spiro atoms. The van der Waals surface area contributed by atoms with Crippen LogP contribution in [0.25, 0.3) is 6.08 Å². The number of carbonyl (C=O) groups excluding carboxylic acids is 2. The highest BCUT2D eigenvalue weighted by atomic mass is 16.5. The Morgan fingerprint density at radius 1 is 1.16 bits per heavy atom. The number of ether oxygens (including phenoxy) is 1. The third kappa shape index (κ3) is 7.27. The molecule has 0 aliphatic heterocycles. The Labute approximate surface area is 182 Å². The summed E-state index contributed by atoms with van der Waals surface area (Å²) >= 11 is 0. The minimum Gasteiger partial charge on any atom is -0.484 e. The highest BCUT2D eigenvalue weighted by molar-refractivity contribution is 6.01. The van der Waals surface area contributed by atoms with Crippen molar-refractivity contribution in [1.29, 1.82) is 5.26 Å². The zero-order valence-corrected chi connectivity index (χ0v) is 17.3. The Morgan fingerprint density at radius 2 is 1.94 bits per heavy atom. The van der Waals surface area contributed by atoms with E-state index in [-0.39, 0.29) is 24.1 Å². The van der Waals surface area contributed by atoms with Gasteiger partial charge in [-0.1, -0.05) is 37.5 Å². The highest BCUT2D eigenvalue weighted by Gasteiger charge is 2.15. The van der Waals surface area contributed by atoms with Crippen LogP contribution >= 0.6 is 0 Å². The molecule has 2 N–H and O–H groups in total. The van der Waals surface area contributed by atoms with Gasteiger partial charge in [-0.15, -0.1) is 0 Å². The molecule has 1 aliphatic rings. The fraction of sp³-hybridized carbons (Fsp3) is 0.333. The number of rotatable bonds is 8. The Morgan fingerprint density at radius 3 is 2.61 bits per heavy atom. The first-order valence-corrected chi connectivity index (χ1v) is 10.4. The average molecular weight is 418 g/mol. The quantitative estimate of drug-likeness (QED) is 0.506. The van der Waals surface area contributed by atoms with Crippen LogP contribution in [0.15, 0.2) is 54.4 Å². The molecule has 1 aromatic carbocycles. The predicted molar refractivity (Wildman–Crippen MR) is 117 cm³/mol. The van der Waals surface area contributed by atoms with Gasteiger partial charge in [0.2, 0.25) is 0 Å². The van der Waals surface area contributed by atoms with Gasteiger partial charge in [-0.3, -0.25) is 14.6 Å². The van der Waals surface area contributed by atoms with E-state index in [1.807, 2.05) is 12.1 Å². The van der Waals surface area contributed by atoms with Gasteiger partial charge in [0.1, 0.15) is 17.4 Å². The highest BCUT2D eigenvalue weighted by Crippen LogP contribution is 2.18. The van der Waals surface area contributed by atoms with Gasteiger partial charge in [0.15, 0.2) is 6.61 Å². The normalized spacial score (nSPS) is 14.4. The van der Waals surface area contributed by atoms with Crippen molar-refractivity contribution in [3.05, 3.63) is 65.5 Å². The first kappa shape index (κ1) is 22.0. The van der Waals surface area contributed by atoms with Crippen molar-refractivity contribution in [1.82, 2.24) is 15.6 Å². The minimum atomic E-state index is -0.453. The number of nitriles is 1. The van der Waals surface area contributed by atoms with Gasteiger partial charge in [0.05, 0.1) is 0 Å². The van der Waals surface area contributed by atoms with Crippen LogP contribution in [0.4, 0.5) is 0 Å². The predicted octanol–water partition coefficient (Wildman–Crippen LogP) is 3.13. The molecule has 160 valence electrons. The van der Waals surface area contributed by atoms with Crippen LogP contribution < -0.4 is 15.4 Å². The molecule has 1 aromatic heterocycles. The van der Waals surface area contributed by atoms with E-state index >= 15 is 0 Å². The first-order chi connectivity index (χ1) is 15.1. The average Bonchev–Trinajstić information content (AvgIpc) is 2.81. The van der Waals surface area contributed by atoms with Crippen LogP contribution in [0, 0.1) is 11.3 Å². The summed E-state index contributed by atoms with van der Waals surface area (Å²) in [5.41, 5.74) is 1.54. The number of carbonyl (C=O) groups is 2. The maximum atomic E-state index is 12.3. The third-order valence-electron chi connectivity index (χ3n) is 5.07. The van der Waals surface area contributed by atoms with Gasteiger partial charge in [-0.05, 0) is 48.2 Å². The number of aromatic nitrogens is 1. The summed E-state index contributed by atoms with van der Waals surface area (Å²) in [5.74, 6) is -0.0190. The molecule has 0 radical (unpaired) electrons. The molecule has 0 atom stereocenters. The number of hydrogen-bond acceptors (Lipinski definition) is 5. The fourth-order valence-electron chi connectivity index (χ4n) is 3.42. The van der Waals surface area contributed by atoms with Gasteiger partial charge in [0, 0.05) is 25.0 Å². The van der Waals surface area contributed by atoms with Crippen LogP contribution in [0.3, 0.4) is 0 Å². The third-order valence-corrected chi connectivity index (χ3v) is 5.07. The largest absolute Gasteiger partial charge is 0.484 e. The maximum Gasteiger partial charge on any atom is 0.262 e. The summed E-state index contributed by atoms with van der Waals surface area (Å²) in [5, 5.41) is 15.1. The molecule has 31 heavy (non-hydrogen) atoms. The Hall–Kier alpha value is -3.66. The van der Waals surface area contributed by atoms with E-state index < -0.39 is 5.91 Å². The van der Waals surface area contributed by atoms with Gasteiger partial charge < -0.3 is 15.4 Å². The van der Waals surface area contributed by atoms with E-state index in [0.717, 1.165) is 31.2 Å². The van der Waals surface area contributed by atoms with Crippen LogP contribution in [0.2, 0.25) is 0 Å². The van der Waals surface area contributed by atoms with Crippen LogP contribution in [-0.4, -0.2) is 29.4 Å². The summed E-state index contributed by atoms with van der Waals surface area (Å²) in [6.07, 6.45) is 10.4. The first-order valence-electron chi connectivity index (χ1n) is 10.4. The van der Waals surface area contributed by atoms with E-state index in [1.54, 1.807) is 42.7 Å². The molecule has 7 nitrogen and oxygen atoms in total. The number of nitrogens with zero attached hydrogens (tertiary/aromatic N) is 2. The number of pyridine rings is 1. The van der Waals surface area contributed by atoms with Gasteiger partial charge in [-0.25, -0.2) is 0 Å². The topological polar surface area (TPSA) is 104 Å². The molecule has 1 saturated carbocycles. The lowest BCUT2D eigenvalue weighted by Gasteiger charge is -2.22. The molecule has 7 heteroatoms. The fourth-order valence-corrected chi connectivity index (χ4v) is 3.42. The summed E-state index contributed by atoms with van der Waals surface area (Å²) in [6.45, 7) is 0.257. The van der Waals surface area contributed by atoms with Crippen LogP contribution in [0.5, 0.6) is 5.75 Å². The molecule has 1 fully saturated rings. The van der Waals surface area contributed by atoms with Gasteiger partial charge in [0.25, 0.3) is 11.8 Å². The van der Waals surface area contributed by atoms with Crippen molar-refractivity contribution in [3.63, 3.8) is 0 Å². The molecule has 0 saturated heterocycles. The van der Waals surface area contributed by atoms with Crippen molar-refractivity contribution < 1.29 is 14.3 Å². The lowest BCUT2D eigenvalue weighted by molar-refractivity contribution is -0.124. The smallest absolute Gasteiger partial charge is 0.262 e. The Kier molecular flexibility index (Phi) is 8.18. The van der Waals surface area contributed by atoms with Crippen LogP contribution in [-0.2, 0) is 16.1 Å². The van der Waals surface area contributed by atoms with Crippen molar-refractivity contribution in [2.24, 2.45) is 0 Å². The second-order valence-corrected chi connectivity index (χ2v) is 7.47. The molecular weight excluding hydrogens is 392 g/mol. The maximum absolute atomic E-state index is 12.3. The van der Waals surface area contributed by atoms with E-state index in [9.17, 15) is 14.9 Å². The van der Waals surface area contributed by atoms with E-state index in [0.29, 0.717) is 17.9 Å². The van der Waals surface area contributed by atoms with Gasteiger partial charge >= 0.3 is 0 Å². The molecule has 2 aromatic rings. The Bertz CT molecular complexity index is 943. The lowest BCUT2D eigenvalue weighted by atomic mass is 9.95. The molecule has 0 unspecified atom stereocenters. The van der Waals surface area contributed by atoms with Gasteiger partial charge in [-0.2, -0.15) is 5.26 Å². The standard InChI is InChI=1S/C24H26N4O3/c25-14-20(24(30)27-16-19-5-4-12-26-15-19)13-18-8-10-22(11-9-18)31-17-23(29)28-21-6-2-1-3-7-21/h4-5,8-13,15,21H,1-3,6-7,16-17H2,(H,27,30)(H,28,29)/b20-13+. The zero-order valence-electron chi connectivity index (χ0n) is 17.3. The second-order valence-electron chi connectivity index (χ2n) is 7.47.